The molecule has 15 heavy (non-hydrogen) atoms. The number of likely N-dealkylation sites (tertiary alicyclic amines) is 1. The van der Waals surface area contributed by atoms with Crippen LogP contribution >= 0.6 is 0 Å². The van der Waals surface area contributed by atoms with Gasteiger partial charge < -0.3 is 10.2 Å². The summed E-state index contributed by atoms with van der Waals surface area (Å²) >= 11 is 0. The van der Waals surface area contributed by atoms with Gasteiger partial charge in [-0.3, -0.25) is 4.99 Å². The Bertz CT molecular complexity index is 243. The van der Waals surface area contributed by atoms with Crippen molar-refractivity contribution >= 4 is 5.96 Å². The topological polar surface area (TPSA) is 27.6 Å². The van der Waals surface area contributed by atoms with Crippen molar-refractivity contribution in [2.24, 2.45) is 10.4 Å². The monoisotopic (exact) mass is 209 g/mol. The van der Waals surface area contributed by atoms with Crippen LogP contribution in [0.2, 0.25) is 0 Å². The molecule has 1 saturated carbocycles. The molecule has 3 nitrogen and oxygen atoms in total. The zero-order chi connectivity index (χ0) is 10.7. The summed E-state index contributed by atoms with van der Waals surface area (Å²) in [6, 6.07) is 0. The van der Waals surface area contributed by atoms with E-state index in [4.69, 9.17) is 0 Å². The van der Waals surface area contributed by atoms with Gasteiger partial charge in [-0.2, -0.15) is 0 Å². The van der Waals surface area contributed by atoms with Crippen LogP contribution in [-0.2, 0) is 0 Å². The van der Waals surface area contributed by atoms with Gasteiger partial charge in [0.05, 0.1) is 0 Å². The van der Waals surface area contributed by atoms with E-state index in [0.29, 0.717) is 5.41 Å². The zero-order valence-corrected chi connectivity index (χ0v) is 10.1. The third-order valence-corrected chi connectivity index (χ3v) is 3.79. The van der Waals surface area contributed by atoms with E-state index < -0.39 is 0 Å². The molecule has 0 bridgehead atoms. The molecule has 0 unspecified atom stereocenters. The number of guanidine groups is 1. The van der Waals surface area contributed by atoms with Gasteiger partial charge in [0.2, 0.25) is 0 Å². The maximum Gasteiger partial charge on any atom is 0.193 e. The van der Waals surface area contributed by atoms with Gasteiger partial charge in [-0.25, -0.2) is 0 Å². The Morgan fingerprint density at radius 2 is 2.13 bits per heavy atom. The van der Waals surface area contributed by atoms with Crippen LogP contribution in [0.15, 0.2) is 4.99 Å². The molecule has 1 aliphatic heterocycles. The molecule has 3 heteroatoms. The molecular formula is C12H23N3. The minimum absolute atomic E-state index is 0.671. The maximum atomic E-state index is 4.55. The van der Waals surface area contributed by atoms with Crippen molar-refractivity contribution in [1.29, 1.82) is 0 Å². The second kappa shape index (κ2) is 4.42. The first kappa shape index (κ1) is 10.8. The van der Waals surface area contributed by atoms with E-state index in [0.717, 1.165) is 19.0 Å². The van der Waals surface area contributed by atoms with Crippen molar-refractivity contribution in [1.82, 2.24) is 10.2 Å². The molecule has 2 rings (SSSR count). The Hall–Kier alpha value is -0.730. The van der Waals surface area contributed by atoms with Crippen molar-refractivity contribution in [2.45, 2.75) is 39.5 Å². The van der Waals surface area contributed by atoms with E-state index in [1.54, 1.807) is 0 Å². The third kappa shape index (κ3) is 2.11. The van der Waals surface area contributed by atoms with Gasteiger partial charge in [0, 0.05) is 26.2 Å². The van der Waals surface area contributed by atoms with E-state index in [-0.39, 0.29) is 0 Å². The highest BCUT2D eigenvalue weighted by atomic mass is 15.3. The molecule has 86 valence electrons. The first-order chi connectivity index (χ1) is 7.29. The largest absolute Gasteiger partial charge is 0.357 e. The molecule has 0 aromatic rings. The summed E-state index contributed by atoms with van der Waals surface area (Å²) < 4.78 is 0. The summed E-state index contributed by atoms with van der Waals surface area (Å²) in [4.78, 5) is 7.00. The van der Waals surface area contributed by atoms with Crippen LogP contribution in [0.5, 0.6) is 0 Å². The fourth-order valence-electron chi connectivity index (χ4n) is 2.78. The normalized spacial score (nSPS) is 24.4. The molecule has 2 fully saturated rings. The summed E-state index contributed by atoms with van der Waals surface area (Å²) in [5.74, 6) is 1.13. The number of nitrogens with zero attached hydrogens (tertiary/aromatic N) is 2. The highest BCUT2D eigenvalue weighted by Gasteiger charge is 2.43. The van der Waals surface area contributed by atoms with Gasteiger partial charge in [0.25, 0.3) is 0 Å². The van der Waals surface area contributed by atoms with Gasteiger partial charge >= 0.3 is 0 Å². The summed E-state index contributed by atoms with van der Waals surface area (Å²) in [5, 5.41) is 3.39. The van der Waals surface area contributed by atoms with Crippen molar-refractivity contribution in [3.05, 3.63) is 0 Å². The van der Waals surface area contributed by atoms with E-state index in [2.05, 4.69) is 29.1 Å². The Labute approximate surface area is 92.9 Å². The maximum absolute atomic E-state index is 4.55. The van der Waals surface area contributed by atoms with Crippen molar-refractivity contribution in [3.63, 3.8) is 0 Å². The standard InChI is InChI=1S/C12H23N3/c1-3-13-11(14-4-2)15-9-8-12(10-15)6-5-7-12/h3-10H2,1-2H3,(H,13,14). The van der Waals surface area contributed by atoms with E-state index in [1.807, 2.05) is 0 Å². The minimum Gasteiger partial charge on any atom is -0.357 e. The molecule has 1 heterocycles. The second-order valence-electron chi connectivity index (χ2n) is 4.85. The summed E-state index contributed by atoms with van der Waals surface area (Å²) in [6.45, 7) is 8.53. The van der Waals surface area contributed by atoms with Gasteiger partial charge in [-0.1, -0.05) is 6.42 Å². The highest BCUT2D eigenvalue weighted by molar-refractivity contribution is 5.80. The predicted octanol–water partition coefficient (Wildman–Crippen LogP) is 1.85. The molecule has 1 aliphatic carbocycles. The summed E-state index contributed by atoms with van der Waals surface area (Å²) in [5.41, 5.74) is 0.671. The van der Waals surface area contributed by atoms with E-state index >= 15 is 0 Å². The van der Waals surface area contributed by atoms with Gasteiger partial charge in [-0.15, -0.1) is 0 Å². The molecule has 1 spiro atoms. The van der Waals surface area contributed by atoms with Gasteiger partial charge in [-0.05, 0) is 38.5 Å². The molecule has 0 radical (unpaired) electrons. The molecular weight excluding hydrogens is 186 g/mol. The molecule has 1 saturated heterocycles. The van der Waals surface area contributed by atoms with E-state index in [9.17, 15) is 0 Å². The summed E-state index contributed by atoms with van der Waals surface area (Å²) in [6.07, 6.45) is 5.69. The quantitative estimate of drug-likeness (QED) is 0.555. The Balaban J connectivity index is 1.95. The van der Waals surface area contributed by atoms with Crippen molar-refractivity contribution < 1.29 is 0 Å². The smallest absolute Gasteiger partial charge is 0.193 e. The lowest BCUT2D eigenvalue weighted by molar-refractivity contribution is 0.151. The zero-order valence-electron chi connectivity index (χ0n) is 10.1. The molecule has 2 aliphatic rings. The lowest BCUT2D eigenvalue weighted by Gasteiger charge is -2.38. The average Bonchev–Trinajstić information content (AvgIpc) is 2.61. The SMILES string of the molecule is CCN=C(NCC)N1CCC2(CCC2)C1. The number of nitrogens with one attached hydrogen (secondary N) is 1. The van der Waals surface area contributed by atoms with Crippen LogP contribution < -0.4 is 5.32 Å². The Kier molecular flexibility index (Phi) is 3.17. The molecule has 0 aromatic heterocycles. The minimum atomic E-state index is 0.671. The number of hydrogen-bond donors (Lipinski definition) is 1. The van der Waals surface area contributed by atoms with Crippen LogP contribution in [0.25, 0.3) is 0 Å². The first-order valence-electron chi connectivity index (χ1n) is 6.33. The fraction of sp³-hybridized carbons (Fsp3) is 0.917. The van der Waals surface area contributed by atoms with Crippen LogP contribution in [0.3, 0.4) is 0 Å². The molecule has 1 N–H and O–H groups in total. The van der Waals surface area contributed by atoms with Crippen LogP contribution in [0.4, 0.5) is 0 Å². The van der Waals surface area contributed by atoms with Gasteiger partial charge in [0.15, 0.2) is 5.96 Å². The van der Waals surface area contributed by atoms with Crippen LogP contribution in [0.1, 0.15) is 39.5 Å². The highest BCUT2D eigenvalue weighted by Crippen LogP contribution is 2.47. The number of rotatable bonds is 2. The lowest BCUT2D eigenvalue weighted by atomic mass is 9.68. The first-order valence-corrected chi connectivity index (χ1v) is 6.33. The van der Waals surface area contributed by atoms with Gasteiger partial charge in [0.1, 0.15) is 0 Å². The van der Waals surface area contributed by atoms with Crippen molar-refractivity contribution in [2.75, 3.05) is 26.2 Å². The second-order valence-corrected chi connectivity index (χ2v) is 4.85. The number of aliphatic imine (C=N–C) groups is 1. The fourth-order valence-corrected chi connectivity index (χ4v) is 2.78. The molecule has 0 amide bonds. The molecule has 0 aromatic carbocycles. The van der Waals surface area contributed by atoms with E-state index in [1.165, 1.54) is 38.8 Å². The number of hydrogen-bond acceptors (Lipinski definition) is 1. The van der Waals surface area contributed by atoms with Crippen LogP contribution in [0, 0.1) is 5.41 Å². The lowest BCUT2D eigenvalue weighted by Crippen LogP contribution is -2.42. The average molecular weight is 209 g/mol. The predicted molar refractivity (Wildman–Crippen MR) is 64.1 cm³/mol. The third-order valence-electron chi connectivity index (χ3n) is 3.79. The molecule has 0 atom stereocenters. The Morgan fingerprint density at radius 1 is 1.33 bits per heavy atom. The van der Waals surface area contributed by atoms with Crippen molar-refractivity contribution in [3.8, 4) is 0 Å². The summed E-state index contributed by atoms with van der Waals surface area (Å²) in [7, 11) is 0. The Morgan fingerprint density at radius 3 is 2.60 bits per heavy atom. The van der Waals surface area contributed by atoms with Crippen LogP contribution in [-0.4, -0.2) is 37.0 Å².